The molecule has 1 aromatic carbocycles. The monoisotopic (exact) mass is 465 g/mol. The largest absolute Gasteiger partial charge is 0.487 e. The van der Waals surface area contributed by atoms with Crippen molar-refractivity contribution in [3.63, 3.8) is 0 Å². The Balaban J connectivity index is 2.55. The zero-order chi connectivity index (χ0) is 24.1. The van der Waals surface area contributed by atoms with Crippen LogP contribution in [0.25, 0.3) is 0 Å². The van der Waals surface area contributed by atoms with E-state index in [1.54, 1.807) is 37.9 Å². The molecule has 0 radical (unpaired) electrons. The summed E-state index contributed by atoms with van der Waals surface area (Å²) in [6.07, 6.45) is -0.0508. The smallest absolute Gasteiger partial charge is 0.247 e. The molecule has 1 N–H and O–H groups in total. The Morgan fingerprint density at radius 1 is 1.34 bits per heavy atom. The SMILES string of the molecule is CCC(=O)N(C)C[C@H]1Oc2cc(C#CCN(C)C)ccc2S(=O)(=O)N([C@@H](C)CO)C[C@H]1C. The van der Waals surface area contributed by atoms with Gasteiger partial charge in [0.1, 0.15) is 16.7 Å². The molecule has 0 aromatic heterocycles. The van der Waals surface area contributed by atoms with Gasteiger partial charge in [0.15, 0.2) is 0 Å². The molecule has 32 heavy (non-hydrogen) atoms. The van der Waals surface area contributed by atoms with Crippen LogP contribution in [0.15, 0.2) is 23.1 Å². The highest BCUT2D eigenvalue weighted by molar-refractivity contribution is 7.89. The first-order valence-electron chi connectivity index (χ1n) is 10.8. The van der Waals surface area contributed by atoms with Gasteiger partial charge in [0, 0.05) is 37.5 Å². The zero-order valence-corrected chi connectivity index (χ0v) is 20.6. The quantitative estimate of drug-likeness (QED) is 0.636. The fourth-order valence-corrected chi connectivity index (χ4v) is 5.29. The normalized spacial score (nSPS) is 21.4. The molecule has 178 valence electrons. The molecule has 1 aliphatic rings. The average Bonchev–Trinajstić information content (AvgIpc) is 2.74. The number of likely N-dealkylation sites (N-methyl/N-ethyl adjacent to an activating group) is 1. The summed E-state index contributed by atoms with van der Waals surface area (Å²) < 4.78 is 34.5. The molecule has 8 nitrogen and oxygen atoms in total. The highest BCUT2D eigenvalue weighted by Gasteiger charge is 2.38. The van der Waals surface area contributed by atoms with Crippen LogP contribution in [0.4, 0.5) is 0 Å². The first-order chi connectivity index (χ1) is 15.0. The molecule has 1 aromatic rings. The second kappa shape index (κ2) is 11.1. The Bertz CT molecular complexity index is 968. The number of amides is 1. The second-order valence-electron chi connectivity index (χ2n) is 8.57. The van der Waals surface area contributed by atoms with Crippen LogP contribution in [0.2, 0.25) is 0 Å². The van der Waals surface area contributed by atoms with Gasteiger partial charge in [0.2, 0.25) is 15.9 Å². The Kier molecular flexibility index (Phi) is 9.10. The lowest BCUT2D eigenvalue weighted by molar-refractivity contribution is -0.131. The van der Waals surface area contributed by atoms with Crippen LogP contribution >= 0.6 is 0 Å². The molecule has 0 aliphatic carbocycles. The Morgan fingerprint density at radius 3 is 2.62 bits per heavy atom. The van der Waals surface area contributed by atoms with E-state index in [0.717, 1.165) is 0 Å². The third-order valence-electron chi connectivity index (χ3n) is 5.48. The molecular weight excluding hydrogens is 430 g/mol. The zero-order valence-electron chi connectivity index (χ0n) is 19.8. The highest BCUT2D eigenvalue weighted by Crippen LogP contribution is 2.34. The van der Waals surface area contributed by atoms with Gasteiger partial charge in [0.25, 0.3) is 0 Å². The van der Waals surface area contributed by atoms with Crippen molar-refractivity contribution in [1.82, 2.24) is 14.1 Å². The maximum atomic E-state index is 13.4. The standard InChI is InChI=1S/C23H35N3O5S/c1-7-23(28)25(6)15-21-17(2)14-26(18(3)16-27)32(29,30)22-11-10-19(13-20(22)31-21)9-8-12-24(4)5/h10-11,13,17-18,21,27H,7,12,14-16H2,1-6H3/t17-,18+,21-/m1/s1. The van der Waals surface area contributed by atoms with Gasteiger partial charge in [-0.3, -0.25) is 9.69 Å². The van der Waals surface area contributed by atoms with Gasteiger partial charge in [-0.1, -0.05) is 25.7 Å². The van der Waals surface area contributed by atoms with E-state index in [1.807, 2.05) is 25.9 Å². The van der Waals surface area contributed by atoms with E-state index >= 15 is 0 Å². The number of nitrogens with zero attached hydrogens (tertiary/aromatic N) is 3. The lowest BCUT2D eigenvalue weighted by Gasteiger charge is -2.37. The van der Waals surface area contributed by atoms with Crippen molar-refractivity contribution in [3.8, 4) is 17.6 Å². The predicted octanol–water partition coefficient (Wildman–Crippen LogP) is 1.24. The van der Waals surface area contributed by atoms with Crippen molar-refractivity contribution in [2.45, 2.75) is 44.2 Å². The van der Waals surface area contributed by atoms with Gasteiger partial charge >= 0.3 is 0 Å². The second-order valence-corrected chi connectivity index (χ2v) is 10.4. The number of hydrogen-bond donors (Lipinski definition) is 1. The van der Waals surface area contributed by atoms with Crippen molar-refractivity contribution in [1.29, 1.82) is 0 Å². The highest BCUT2D eigenvalue weighted by atomic mass is 32.2. The fourth-order valence-electron chi connectivity index (χ4n) is 3.46. The Labute approximate surface area is 192 Å². The summed E-state index contributed by atoms with van der Waals surface area (Å²) in [6, 6.07) is 4.22. The van der Waals surface area contributed by atoms with Crippen LogP contribution in [0.1, 0.15) is 32.8 Å². The summed E-state index contributed by atoms with van der Waals surface area (Å²) in [4.78, 5) is 15.7. The third-order valence-corrected chi connectivity index (χ3v) is 7.50. The van der Waals surface area contributed by atoms with Gasteiger partial charge in [0.05, 0.1) is 19.7 Å². The van der Waals surface area contributed by atoms with Crippen LogP contribution in [-0.4, -0.2) is 93.1 Å². The number of hydrogen-bond acceptors (Lipinski definition) is 6. The van der Waals surface area contributed by atoms with Gasteiger partial charge in [-0.25, -0.2) is 8.42 Å². The number of aliphatic hydroxyl groups excluding tert-OH is 1. The number of aliphatic hydroxyl groups is 1. The van der Waals surface area contributed by atoms with Crippen LogP contribution in [-0.2, 0) is 14.8 Å². The lowest BCUT2D eigenvalue weighted by Crippen LogP contribution is -2.50. The van der Waals surface area contributed by atoms with Gasteiger partial charge in [-0.15, -0.1) is 0 Å². The molecule has 0 unspecified atom stereocenters. The molecule has 2 rings (SSSR count). The predicted molar refractivity (Wildman–Crippen MR) is 124 cm³/mol. The van der Waals surface area contributed by atoms with E-state index < -0.39 is 22.2 Å². The summed E-state index contributed by atoms with van der Waals surface area (Å²) in [5.74, 6) is 6.07. The number of sulfonamides is 1. The maximum Gasteiger partial charge on any atom is 0.247 e. The van der Waals surface area contributed by atoms with Crippen molar-refractivity contribution in [3.05, 3.63) is 23.8 Å². The Morgan fingerprint density at radius 2 is 2.03 bits per heavy atom. The average molecular weight is 466 g/mol. The van der Waals surface area contributed by atoms with Crippen LogP contribution < -0.4 is 4.74 Å². The van der Waals surface area contributed by atoms with Gasteiger partial charge in [-0.05, 0) is 39.2 Å². The van der Waals surface area contributed by atoms with Crippen LogP contribution in [0, 0.1) is 17.8 Å². The minimum absolute atomic E-state index is 0.0143. The number of fused-ring (bicyclic) bond motifs is 1. The van der Waals surface area contributed by atoms with Crippen LogP contribution in [0.3, 0.4) is 0 Å². The van der Waals surface area contributed by atoms with Crippen LogP contribution in [0.5, 0.6) is 5.75 Å². The van der Waals surface area contributed by atoms with Crippen molar-refractivity contribution >= 4 is 15.9 Å². The summed E-state index contributed by atoms with van der Waals surface area (Å²) in [5.41, 5.74) is 0.646. The summed E-state index contributed by atoms with van der Waals surface area (Å²) in [7, 11) is 1.66. The number of carbonyl (C=O) groups excluding carboxylic acids is 1. The first-order valence-corrected chi connectivity index (χ1v) is 12.3. The molecule has 3 atom stereocenters. The van der Waals surface area contributed by atoms with E-state index in [-0.39, 0.29) is 35.6 Å². The fraction of sp³-hybridized carbons (Fsp3) is 0.609. The van der Waals surface area contributed by atoms with E-state index in [4.69, 9.17) is 4.74 Å². The molecule has 0 fully saturated rings. The molecule has 1 heterocycles. The number of rotatable bonds is 6. The van der Waals surface area contributed by atoms with Crippen molar-refractivity contribution in [2.75, 3.05) is 47.4 Å². The van der Waals surface area contributed by atoms with E-state index in [0.29, 0.717) is 25.1 Å². The molecule has 0 saturated carbocycles. The maximum absolute atomic E-state index is 13.4. The van der Waals surface area contributed by atoms with E-state index in [9.17, 15) is 18.3 Å². The van der Waals surface area contributed by atoms with E-state index in [2.05, 4.69) is 11.8 Å². The third kappa shape index (κ3) is 6.23. The number of benzene rings is 1. The molecular formula is C23H35N3O5S. The first kappa shape index (κ1) is 26.1. The molecule has 9 heteroatoms. The van der Waals surface area contributed by atoms with Gasteiger partial charge in [-0.2, -0.15) is 4.31 Å². The van der Waals surface area contributed by atoms with E-state index in [1.165, 1.54) is 10.4 Å². The number of carbonyl (C=O) groups is 1. The molecule has 0 saturated heterocycles. The summed E-state index contributed by atoms with van der Waals surface area (Å²) in [5, 5.41) is 9.71. The summed E-state index contributed by atoms with van der Waals surface area (Å²) >= 11 is 0. The molecule has 1 aliphatic heterocycles. The van der Waals surface area contributed by atoms with Crippen molar-refractivity contribution < 1.29 is 23.1 Å². The lowest BCUT2D eigenvalue weighted by atomic mass is 10.0. The topological polar surface area (TPSA) is 90.4 Å². The minimum atomic E-state index is -3.90. The van der Waals surface area contributed by atoms with Gasteiger partial charge < -0.3 is 14.7 Å². The molecule has 0 bridgehead atoms. The molecule has 0 spiro atoms. The molecule has 1 amide bonds. The minimum Gasteiger partial charge on any atom is -0.487 e. The number of ether oxygens (including phenoxy) is 1. The van der Waals surface area contributed by atoms with Crippen molar-refractivity contribution in [2.24, 2.45) is 5.92 Å². The Hall–Kier alpha value is -2.12. The summed E-state index contributed by atoms with van der Waals surface area (Å²) in [6.45, 7) is 6.14.